The van der Waals surface area contributed by atoms with Crippen molar-refractivity contribution in [2.24, 2.45) is 0 Å². The van der Waals surface area contributed by atoms with Crippen LogP contribution >= 0.6 is 0 Å². The third-order valence-electron chi connectivity index (χ3n) is 1.70. The maximum Gasteiger partial charge on any atom is 0.188 e. The first kappa shape index (κ1) is 9.55. The fourth-order valence-corrected chi connectivity index (χ4v) is 1.59. The first-order chi connectivity index (χ1) is 5.52. The smallest absolute Gasteiger partial charge is 0.188 e. The zero-order chi connectivity index (χ0) is 9.30. The molecule has 1 aromatic carbocycles. The minimum Gasteiger partial charge on any atom is -0.612 e. The number of benzene rings is 1. The molecular formula is C9H10FOS. The monoisotopic (exact) mass is 185 g/mol. The van der Waals surface area contributed by atoms with Gasteiger partial charge in [0.25, 0.3) is 0 Å². The molecule has 1 unspecified atom stereocenters. The van der Waals surface area contributed by atoms with Crippen LogP contribution in [0.4, 0.5) is 4.39 Å². The summed E-state index contributed by atoms with van der Waals surface area (Å²) in [4.78, 5) is 0.250. The van der Waals surface area contributed by atoms with E-state index in [-0.39, 0.29) is 4.90 Å². The summed E-state index contributed by atoms with van der Waals surface area (Å²) in [6, 6.07) is 2.89. The summed E-state index contributed by atoms with van der Waals surface area (Å²) in [5.41, 5.74) is 1.50. The fourth-order valence-electron chi connectivity index (χ4n) is 0.917. The van der Waals surface area contributed by atoms with Crippen LogP contribution in [0.3, 0.4) is 0 Å². The van der Waals surface area contributed by atoms with Crippen LogP contribution in [0.15, 0.2) is 17.0 Å². The average Bonchev–Trinajstić information content (AvgIpc) is 1.96. The number of halogens is 1. The third kappa shape index (κ3) is 1.79. The van der Waals surface area contributed by atoms with Gasteiger partial charge in [0.15, 0.2) is 10.7 Å². The van der Waals surface area contributed by atoms with Gasteiger partial charge in [-0.05, 0) is 48.3 Å². The van der Waals surface area contributed by atoms with E-state index in [2.05, 4.69) is 6.92 Å². The van der Waals surface area contributed by atoms with Crippen molar-refractivity contribution in [2.45, 2.75) is 11.8 Å². The molecule has 12 heavy (non-hydrogen) atoms. The number of aryl methyl sites for hydroxylation is 1. The highest BCUT2D eigenvalue weighted by molar-refractivity contribution is 7.90. The molecule has 0 aromatic heterocycles. The normalized spacial score (nSPS) is 13.1. The van der Waals surface area contributed by atoms with E-state index in [1.165, 1.54) is 12.3 Å². The number of rotatable bonds is 1. The highest BCUT2D eigenvalue weighted by Crippen LogP contribution is 2.18. The van der Waals surface area contributed by atoms with Crippen molar-refractivity contribution in [2.75, 3.05) is 6.26 Å². The molecule has 0 saturated carbocycles. The van der Waals surface area contributed by atoms with E-state index in [1.54, 1.807) is 6.07 Å². The Balaban J connectivity index is 3.23. The second-order valence-corrected chi connectivity index (χ2v) is 4.01. The van der Waals surface area contributed by atoms with Gasteiger partial charge in [0.1, 0.15) is 6.26 Å². The van der Waals surface area contributed by atoms with Crippen molar-refractivity contribution in [1.82, 2.24) is 0 Å². The molecule has 0 aliphatic carbocycles. The van der Waals surface area contributed by atoms with Crippen molar-refractivity contribution in [1.29, 1.82) is 0 Å². The van der Waals surface area contributed by atoms with Crippen molar-refractivity contribution in [3.63, 3.8) is 0 Å². The van der Waals surface area contributed by atoms with Gasteiger partial charge in [-0.25, -0.2) is 4.39 Å². The molecule has 65 valence electrons. The van der Waals surface area contributed by atoms with Crippen LogP contribution in [-0.4, -0.2) is 10.8 Å². The Morgan fingerprint density at radius 1 is 1.50 bits per heavy atom. The summed E-state index contributed by atoms with van der Waals surface area (Å²) in [5.74, 6) is -0.438. The molecular weight excluding hydrogens is 175 g/mol. The van der Waals surface area contributed by atoms with Gasteiger partial charge in [-0.3, -0.25) is 0 Å². The molecule has 0 bridgehead atoms. The molecule has 0 amide bonds. The lowest BCUT2D eigenvalue weighted by Gasteiger charge is -2.07. The third-order valence-corrected chi connectivity index (χ3v) is 2.63. The molecule has 3 heteroatoms. The fraction of sp³-hybridized carbons (Fsp3) is 0.222. The minimum atomic E-state index is -1.26. The zero-order valence-electron chi connectivity index (χ0n) is 7.06. The van der Waals surface area contributed by atoms with E-state index in [0.717, 1.165) is 5.56 Å². The Labute approximate surface area is 74.8 Å². The van der Waals surface area contributed by atoms with Gasteiger partial charge in [0.2, 0.25) is 0 Å². The van der Waals surface area contributed by atoms with Crippen LogP contribution in [0.5, 0.6) is 0 Å². The quantitative estimate of drug-likeness (QED) is 0.614. The molecule has 1 rings (SSSR count). The molecule has 1 radical (unpaired) electrons. The summed E-state index contributed by atoms with van der Waals surface area (Å²) < 4.78 is 24.0. The predicted molar refractivity (Wildman–Crippen MR) is 47.9 cm³/mol. The molecule has 1 nitrogen and oxygen atoms in total. The largest absolute Gasteiger partial charge is 0.612 e. The van der Waals surface area contributed by atoms with Crippen LogP contribution in [0.25, 0.3) is 0 Å². The summed E-state index contributed by atoms with van der Waals surface area (Å²) in [7, 11) is 0. The second kappa shape index (κ2) is 3.46. The highest BCUT2D eigenvalue weighted by atomic mass is 32.2. The molecule has 0 aliphatic rings. The standard InChI is InChI=1S/C9H10FOS/c1-6-4-8(10)9(12(3)11)5-7(6)2/h4-5H,1H2,2-3H3. The van der Waals surface area contributed by atoms with Crippen molar-refractivity contribution in [3.05, 3.63) is 36.0 Å². The lowest BCUT2D eigenvalue weighted by atomic mass is 10.1. The Hall–Kier alpha value is -0.540. The number of hydrogen-bond donors (Lipinski definition) is 0. The molecule has 0 spiro atoms. The molecule has 0 aliphatic heterocycles. The van der Waals surface area contributed by atoms with E-state index in [9.17, 15) is 8.94 Å². The Morgan fingerprint density at radius 3 is 2.58 bits per heavy atom. The summed E-state index contributed by atoms with van der Waals surface area (Å²) in [6.45, 7) is 5.46. The Kier molecular flexibility index (Phi) is 2.75. The van der Waals surface area contributed by atoms with Crippen molar-refractivity contribution < 1.29 is 8.94 Å². The van der Waals surface area contributed by atoms with Gasteiger partial charge in [-0.2, -0.15) is 0 Å². The van der Waals surface area contributed by atoms with Gasteiger partial charge in [-0.1, -0.05) is 0 Å². The average molecular weight is 185 g/mol. The Morgan fingerprint density at radius 2 is 2.08 bits per heavy atom. The van der Waals surface area contributed by atoms with E-state index in [0.29, 0.717) is 5.56 Å². The van der Waals surface area contributed by atoms with Crippen LogP contribution in [0, 0.1) is 19.7 Å². The van der Waals surface area contributed by atoms with Crippen LogP contribution in [0.1, 0.15) is 11.1 Å². The Bertz CT molecular complexity index is 297. The lowest BCUT2D eigenvalue weighted by molar-refractivity contribution is 0.569. The molecule has 1 aromatic rings. The van der Waals surface area contributed by atoms with Crippen molar-refractivity contribution >= 4 is 11.2 Å². The van der Waals surface area contributed by atoms with E-state index in [1.807, 2.05) is 6.92 Å². The van der Waals surface area contributed by atoms with Gasteiger partial charge in [0, 0.05) is 0 Å². The van der Waals surface area contributed by atoms with E-state index in [4.69, 9.17) is 0 Å². The molecule has 0 saturated heterocycles. The van der Waals surface area contributed by atoms with Gasteiger partial charge in [0.05, 0.1) is 0 Å². The van der Waals surface area contributed by atoms with E-state index < -0.39 is 17.0 Å². The first-order valence-electron chi connectivity index (χ1n) is 3.48. The topological polar surface area (TPSA) is 23.1 Å². The van der Waals surface area contributed by atoms with Crippen LogP contribution in [0.2, 0.25) is 0 Å². The number of hydrogen-bond acceptors (Lipinski definition) is 1. The summed E-state index contributed by atoms with van der Waals surface area (Å²) in [5, 5.41) is 0. The van der Waals surface area contributed by atoms with Crippen LogP contribution in [-0.2, 0) is 11.2 Å². The lowest BCUT2D eigenvalue weighted by Crippen LogP contribution is -2.02. The molecule has 0 N–H and O–H groups in total. The van der Waals surface area contributed by atoms with Gasteiger partial charge < -0.3 is 4.55 Å². The van der Waals surface area contributed by atoms with Gasteiger partial charge in [-0.15, -0.1) is 0 Å². The van der Waals surface area contributed by atoms with Crippen LogP contribution < -0.4 is 0 Å². The molecule has 1 atom stereocenters. The molecule has 0 heterocycles. The molecule has 0 fully saturated rings. The maximum absolute atomic E-state index is 13.0. The minimum absolute atomic E-state index is 0.250. The zero-order valence-corrected chi connectivity index (χ0v) is 7.87. The first-order valence-corrected chi connectivity index (χ1v) is 5.03. The second-order valence-electron chi connectivity index (χ2n) is 2.66. The summed E-state index contributed by atoms with van der Waals surface area (Å²) >= 11 is -1.26. The summed E-state index contributed by atoms with van der Waals surface area (Å²) in [6.07, 6.45) is 1.46. The maximum atomic E-state index is 13.0. The van der Waals surface area contributed by atoms with Gasteiger partial charge >= 0.3 is 0 Å². The van der Waals surface area contributed by atoms with Crippen molar-refractivity contribution in [3.8, 4) is 0 Å². The van der Waals surface area contributed by atoms with E-state index >= 15 is 0 Å². The highest BCUT2D eigenvalue weighted by Gasteiger charge is 2.12. The SMILES string of the molecule is [CH2]c1cc(F)c([S+](C)[O-])cc1C. The predicted octanol–water partition coefficient (Wildman–Crippen LogP) is 2.05.